The van der Waals surface area contributed by atoms with Gasteiger partial charge >= 0.3 is 0 Å². The Hall–Kier alpha value is -0.850. The molecule has 0 aliphatic heterocycles. The number of amides is 1. The maximum absolute atomic E-state index is 10.6. The highest BCUT2D eigenvalue weighted by Crippen LogP contribution is 2.19. The van der Waals surface area contributed by atoms with E-state index in [1.54, 1.807) is 24.3 Å². The first-order valence-corrected chi connectivity index (χ1v) is 5.76. The molecule has 0 fully saturated rings. The molecule has 2 N–H and O–H groups in total. The highest BCUT2D eigenvalue weighted by Gasteiger charge is 2.00. The highest BCUT2D eigenvalue weighted by molar-refractivity contribution is 8.13. The van der Waals surface area contributed by atoms with Gasteiger partial charge in [0.05, 0.1) is 0 Å². The van der Waals surface area contributed by atoms with Crippen LogP contribution in [0.1, 0.15) is 5.56 Å². The number of nitrogens with two attached hydrogens (primary N) is 1. The molecular formula is C8H8NO3S2-. The Kier molecular flexibility index (Phi) is 4.12. The van der Waals surface area contributed by atoms with E-state index in [1.165, 1.54) is 0 Å². The fraction of sp³-hybridized carbons (Fsp3) is 0.125. The van der Waals surface area contributed by atoms with Gasteiger partial charge in [0.25, 0.3) is 5.24 Å². The number of hydrogen-bond acceptors (Lipinski definition) is 4. The van der Waals surface area contributed by atoms with Crippen LogP contribution in [0.5, 0.6) is 0 Å². The zero-order valence-corrected chi connectivity index (χ0v) is 8.77. The molecule has 1 rings (SSSR count). The van der Waals surface area contributed by atoms with Crippen LogP contribution in [0.2, 0.25) is 0 Å². The summed E-state index contributed by atoms with van der Waals surface area (Å²) in [5.74, 6) is -0.0485. The van der Waals surface area contributed by atoms with Crippen LogP contribution in [0.3, 0.4) is 0 Å². The van der Waals surface area contributed by atoms with Gasteiger partial charge in [-0.1, -0.05) is 23.2 Å². The molecular weight excluding hydrogens is 222 g/mol. The van der Waals surface area contributed by atoms with Gasteiger partial charge in [0, 0.05) is 10.6 Å². The number of carbonyl (C=O) groups excluding carboxylic acids is 1. The predicted molar refractivity (Wildman–Crippen MR) is 54.5 cm³/mol. The lowest BCUT2D eigenvalue weighted by Crippen LogP contribution is -2.01. The van der Waals surface area contributed by atoms with E-state index >= 15 is 0 Å². The monoisotopic (exact) mass is 230 g/mol. The Labute approximate surface area is 88.2 Å². The van der Waals surface area contributed by atoms with Crippen molar-refractivity contribution in [2.75, 3.05) is 0 Å². The summed E-state index contributed by atoms with van der Waals surface area (Å²) in [6.07, 6.45) is 0. The Balaban J connectivity index is 2.78. The molecule has 1 aromatic carbocycles. The van der Waals surface area contributed by atoms with Crippen molar-refractivity contribution in [2.45, 2.75) is 10.6 Å². The molecule has 0 saturated heterocycles. The van der Waals surface area contributed by atoms with Gasteiger partial charge in [-0.25, -0.2) is 0 Å². The third-order valence-electron chi connectivity index (χ3n) is 1.40. The number of carbonyl (C=O) groups is 1. The first kappa shape index (κ1) is 11.2. The molecule has 0 radical (unpaired) electrons. The van der Waals surface area contributed by atoms with E-state index in [0.717, 1.165) is 11.8 Å². The minimum absolute atomic E-state index is 0.0485. The molecule has 0 heterocycles. The Bertz CT molecular complexity index is 336. The molecule has 1 amide bonds. The third kappa shape index (κ3) is 3.91. The third-order valence-corrected chi connectivity index (χ3v) is 2.66. The Morgan fingerprint density at radius 3 is 2.86 bits per heavy atom. The summed E-state index contributed by atoms with van der Waals surface area (Å²) in [6, 6.07) is 6.70. The van der Waals surface area contributed by atoms with Gasteiger partial charge in [0.15, 0.2) is 0 Å². The Morgan fingerprint density at radius 2 is 2.29 bits per heavy atom. The molecule has 0 aromatic heterocycles. The maximum Gasteiger partial charge on any atom is 0.281 e. The normalized spacial score (nSPS) is 12.4. The summed E-state index contributed by atoms with van der Waals surface area (Å²) < 4.78 is 20.8. The summed E-state index contributed by atoms with van der Waals surface area (Å²) >= 11 is -1.24. The van der Waals surface area contributed by atoms with E-state index in [1.807, 2.05) is 0 Å². The molecule has 0 aliphatic carbocycles. The fourth-order valence-electron chi connectivity index (χ4n) is 0.951. The largest absolute Gasteiger partial charge is 0.772 e. The maximum atomic E-state index is 10.6. The minimum atomic E-state index is -2.11. The molecule has 6 heteroatoms. The number of hydrogen-bond donors (Lipinski definition) is 1. The molecule has 1 unspecified atom stereocenters. The van der Waals surface area contributed by atoms with E-state index in [-0.39, 0.29) is 5.75 Å². The summed E-state index contributed by atoms with van der Waals surface area (Å²) in [6.45, 7) is 0. The Morgan fingerprint density at radius 1 is 1.57 bits per heavy atom. The highest BCUT2D eigenvalue weighted by atomic mass is 32.2. The van der Waals surface area contributed by atoms with Crippen molar-refractivity contribution < 1.29 is 13.6 Å². The predicted octanol–water partition coefficient (Wildman–Crippen LogP) is 1.24. The van der Waals surface area contributed by atoms with Gasteiger partial charge < -0.3 is 10.3 Å². The smallest absolute Gasteiger partial charge is 0.281 e. The first-order chi connectivity index (χ1) is 6.58. The van der Waals surface area contributed by atoms with Crippen LogP contribution in [0.4, 0.5) is 4.79 Å². The van der Waals surface area contributed by atoms with Crippen molar-refractivity contribution in [2.24, 2.45) is 5.73 Å². The quantitative estimate of drug-likeness (QED) is 0.625. The lowest BCUT2D eigenvalue weighted by molar-refractivity contribution is 0.267. The van der Waals surface area contributed by atoms with Crippen molar-refractivity contribution in [1.29, 1.82) is 0 Å². The molecule has 0 spiro atoms. The second-order valence-corrected chi connectivity index (χ2v) is 4.49. The summed E-state index contributed by atoms with van der Waals surface area (Å²) in [7, 11) is 0. The van der Waals surface area contributed by atoms with Crippen molar-refractivity contribution in [3.05, 3.63) is 29.8 Å². The zero-order chi connectivity index (χ0) is 10.6. The van der Waals surface area contributed by atoms with Crippen LogP contribution in [-0.4, -0.2) is 14.0 Å². The minimum Gasteiger partial charge on any atom is -0.772 e. The average Bonchev–Trinajstić information content (AvgIpc) is 2.01. The van der Waals surface area contributed by atoms with Crippen LogP contribution in [-0.2, 0) is 16.8 Å². The molecule has 0 bridgehead atoms. The average molecular weight is 230 g/mol. The van der Waals surface area contributed by atoms with Crippen molar-refractivity contribution in [3.63, 3.8) is 0 Å². The van der Waals surface area contributed by atoms with Gasteiger partial charge in [0.1, 0.15) is 0 Å². The molecule has 1 aromatic rings. The van der Waals surface area contributed by atoms with Crippen LogP contribution in [0.15, 0.2) is 29.2 Å². The van der Waals surface area contributed by atoms with Gasteiger partial charge in [-0.2, -0.15) is 0 Å². The van der Waals surface area contributed by atoms with Crippen LogP contribution >= 0.6 is 11.8 Å². The number of benzene rings is 1. The summed E-state index contributed by atoms with van der Waals surface area (Å²) in [4.78, 5) is 11.2. The topological polar surface area (TPSA) is 83.2 Å². The second-order valence-electron chi connectivity index (χ2n) is 2.52. The number of thioether (sulfide) groups is 1. The SMILES string of the molecule is NC(=O)Sc1cccc(CS(=O)[O-])c1. The van der Waals surface area contributed by atoms with E-state index in [0.29, 0.717) is 10.5 Å². The van der Waals surface area contributed by atoms with Crippen LogP contribution in [0, 0.1) is 0 Å². The number of rotatable bonds is 3. The zero-order valence-electron chi connectivity index (χ0n) is 7.14. The van der Waals surface area contributed by atoms with Crippen LogP contribution < -0.4 is 5.73 Å². The van der Waals surface area contributed by atoms with Gasteiger partial charge in [0.2, 0.25) is 0 Å². The molecule has 0 aliphatic rings. The first-order valence-electron chi connectivity index (χ1n) is 3.70. The van der Waals surface area contributed by atoms with E-state index in [9.17, 15) is 13.6 Å². The van der Waals surface area contributed by atoms with Gasteiger partial charge in [-0.05, 0) is 29.5 Å². The lowest BCUT2D eigenvalue weighted by atomic mass is 10.2. The standard InChI is InChI=1S/C8H9NO3S2/c9-8(10)13-7-3-1-2-6(4-7)5-14(11)12/h1-4H,5H2,(H2,9,10)(H,11,12)/p-1. The van der Waals surface area contributed by atoms with Gasteiger partial charge in [-0.3, -0.25) is 9.00 Å². The molecule has 14 heavy (non-hydrogen) atoms. The molecule has 4 nitrogen and oxygen atoms in total. The molecule has 76 valence electrons. The second kappa shape index (κ2) is 5.14. The van der Waals surface area contributed by atoms with E-state index < -0.39 is 16.3 Å². The van der Waals surface area contributed by atoms with Crippen molar-refractivity contribution >= 4 is 28.1 Å². The van der Waals surface area contributed by atoms with Crippen molar-refractivity contribution in [3.8, 4) is 0 Å². The van der Waals surface area contributed by atoms with E-state index in [4.69, 9.17) is 5.73 Å². The molecule has 0 saturated carbocycles. The summed E-state index contributed by atoms with van der Waals surface area (Å²) in [5.41, 5.74) is 5.62. The van der Waals surface area contributed by atoms with Crippen LogP contribution in [0.25, 0.3) is 0 Å². The number of primary amides is 1. The fourth-order valence-corrected chi connectivity index (χ4v) is 1.99. The lowest BCUT2D eigenvalue weighted by Gasteiger charge is -2.05. The van der Waals surface area contributed by atoms with Gasteiger partial charge in [-0.15, -0.1) is 0 Å². The van der Waals surface area contributed by atoms with Crippen molar-refractivity contribution in [1.82, 2.24) is 0 Å². The molecule has 1 atom stereocenters. The summed E-state index contributed by atoms with van der Waals surface area (Å²) in [5, 5.41) is -0.509. The van der Waals surface area contributed by atoms with E-state index in [2.05, 4.69) is 0 Å².